The lowest BCUT2D eigenvalue weighted by Gasteiger charge is -2.14. The Morgan fingerprint density at radius 3 is 2.67 bits per heavy atom. The molecule has 1 atom stereocenters. The molecule has 0 radical (unpaired) electrons. The van der Waals surface area contributed by atoms with Crippen molar-refractivity contribution in [1.29, 1.82) is 0 Å². The second-order valence-corrected chi connectivity index (χ2v) is 10.3. The number of carbonyl (C=O) groups is 2. The molecule has 0 saturated heterocycles. The fraction of sp³-hybridized carbons (Fsp3) is 0.240. The maximum Gasteiger partial charge on any atom is 0.413 e. The van der Waals surface area contributed by atoms with Crippen LogP contribution < -0.4 is 5.32 Å². The first-order valence-electron chi connectivity index (χ1n) is 10.5. The van der Waals surface area contributed by atoms with Crippen LogP contribution in [0.3, 0.4) is 0 Å². The van der Waals surface area contributed by atoms with E-state index in [1.54, 1.807) is 40.6 Å². The van der Waals surface area contributed by atoms with Crippen molar-refractivity contribution >= 4 is 50.3 Å². The summed E-state index contributed by atoms with van der Waals surface area (Å²) in [5.41, 5.74) is 1.29. The SMILES string of the molecule is C[C@@H](OC(=O)Nc1c(C#Cc2cc3sc(C4(C=O)CC4)cc3s2)cnn1C)c1ccccc1. The Labute approximate surface area is 199 Å². The highest BCUT2D eigenvalue weighted by atomic mass is 32.1. The monoisotopic (exact) mass is 475 g/mol. The van der Waals surface area contributed by atoms with Gasteiger partial charge in [-0.05, 0) is 37.5 Å². The number of aryl methyl sites for hydroxylation is 1. The van der Waals surface area contributed by atoms with Crippen LogP contribution in [0.2, 0.25) is 0 Å². The zero-order valence-electron chi connectivity index (χ0n) is 18.1. The molecule has 6 nitrogen and oxygen atoms in total. The van der Waals surface area contributed by atoms with Gasteiger partial charge in [-0.1, -0.05) is 42.2 Å². The average Bonchev–Trinajstić information content (AvgIpc) is 3.20. The van der Waals surface area contributed by atoms with E-state index >= 15 is 0 Å². The van der Waals surface area contributed by atoms with Crippen LogP contribution in [0.5, 0.6) is 0 Å². The van der Waals surface area contributed by atoms with E-state index in [2.05, 4.69) is 34.4 Å². The second kappa shape index (κ2) is 8.50. The number of ether oxygens (including phenoxy) is 1. The molecule has 0 bridgehead atoms. The maximum absolute atomic E-state index is 12.5. The molecule has 4 aromatic rings. The minimum atomic E-state index is -0.564. The van der Waals surface area contributed by atoms with Crippen LogP contribution in [-0.2, 0) is 22.0 Å². The minimum Gasteiger partial charge on any atom is -0.441 e. The molecule has 1 fully saturated rings. The van der Waals surface area contributed by atoms with Crippen LogP contribution in [-0.4, -0.2) is 22.2 Å². The number of thiophene rings is 2. The molecule has 0 unspecified atom stereocenters. The molecule has 5 rings (SSSR count). The van der Waals surface area contributed by atoms with E-state index < -0.39 is 6.09 Å². The molecule has 1 amide bonds. The topological polar surface area (TPSA) is 73.2 Å². The molecule has 33 heavy (non-hydrogen) atoms. The van der Waals surface area contributed by atoms with Crippen molar-refractivity contribution in [2.24, 2.45) is 7.05 Å². The smallest absolute Gasteiger partial charge is 0.413 e. The Bertz CT molecular complexity index is 1370. The van der Waals surface area contributed by atoms with Gasteiger partial charge in [-0.3, -0.25) is 10.00 Å². The summed E-state index contributed by atoms with van der Waals surface area (Å²) < 4.78 is 9.36. The van der Waals surface area contributed by atoms with Crippen molar-refractivity contribution in [3.8, 4) is 11.8 Å². The van der Waals surface area contributed by atoms with E-state index in [1.807, 2.05) is 37.3 Å². The van der Waals surface area contributed by atoms with Gasteiger partial charge in [0.1, 0.15) is 18.2 Å². The molecular weight excluding hydrogens is 454 g/mol. The number of aromatic nitrogens is 2. The molecule has 3 heterocycles. The lowest BCUT2D eigenvalue weighted by atomic mass is 10.1. The summed E-state index contributed by atoms with van der Waals surface area (Å²) in [4.78, 5) is 25.9. The van der Waals surface area contributed by atoms with Gasteiger partial charge in [-0.2, -0.15) is 5.10 Å². The zero-order valence-corrected chi connectivity index (χ0v) is 19.8. The Balaban J connectivity index is 1.30. The summed E-state index contributed by atoms with van der Waals surface area (Å²) >= 11 is 3.28. The van der Waals surface area contributed by atoms with E-state index in [-0.39, 0.29) is 11.5 Å². The quantitative estimate of drug-likeness (QED) is 0.300. The molecule has 8 heteroatoms. The predicted octanol–water partition coefficient (Wildman–Crippen LogP) is 5.64. The van der Waals surface area contributed by atoms with Crippen LogP contribution >= 0.6 is 22.7 Å². The fourth-order valence-corrected chi connectivity index (χ4v) is 6.04. The van der Waals surface area contributed by atoms with Crippen LogP contribution in [0, 0.1) is 11.8 Å². The molecule has 166 valence electrons. The van der Waals surface area contributed by atoms with Gasteiger partial charge in [0.2, 0.25) is 0 Å². The molecule has 1 aromatic carbocycles. The van der Waals surface area contributed by atoms with Crippen LogP contribution in [0.15, 0.2) is 48.7 Å². The molecule has 0 spiro atoms. The Morgan fingerprint density at radius 2 is 1.97 bits per heavy atom. The minimum absolute atomic E-state index is 0.238. The number of aldehydes is 1. The highest BCUT2D eigenvalue weighted by Crippen LogP contribution is 2.51. The number of amides is 1. The Hall–Kier alpha value is -3.41. The summed E-state index contributed by atoms with van der Waals surface area (Å²) in [6.07, 6.45) is 3.66. The lowest BCUT2D eigenvalue weighted by Crippen LogP contribution is -2.18. The number of carbonyl (C=O) groups excluding carboxylic acids is 2. The summed E-state index contributed by atoms with van der Waals surface area (Å²) in [5, 5.41) is 6.99. The van der Waals surface area contributed by atoms with Gasteiger partial charge in [-0.15, -0.1) is 22.7 Å². The van der Waals surface area contributed by atoms with Crippen molar-refractivity contribution in [2.75, 3.05) is 5.32 Å². The van der Waals surface area contributed by atoms with E-state index in [9.17, 15) is 9.59 Å². The van der Waals surface area contributed by atoms with Gasteiger partial charge in [0, 0.05) is 21.3 Å². The third kappa shape index (κ3) is 4.30. The normalized spacial score (nSPS) is 14.8. The number of hydrogen-bond acceptors (Lipinski definition) is 6. The first-order valence-corrected chi connectivity index (χ1v) is 12.2. The maximum atomic E-state index is 12.5. The van der Waals surface area contributed by atoms with Gasteiger partial charge in [0.15, 0.2) is 0 Å². The molecule has 1 saturated carbocycles. The van der Waals surface area contributed by atoms with Gasteiger partial charge in [-0.25, -0.2) is 4.79 Å². The van der Waals surface area contributed by atoms with Crippen molar-refractivity contribution in [2.45, 2.75) is 31.3 Å². The summed E-state index contributed by atoms with van der Waals surface area (Å²) in [6, 6.07) is 13.7. The highest BCUT2D eigenvalue weighted by molar-refractivity contribution is 7.28. The number of anilines is 1. The number of benzene rings is 1. The molecule has 1 N–H and O–H groups in total. The third-order valence-corrected chi connectivity index (χ3v) is 8.17. The van der Waals surface area contributed by atoms with Gasteiger partial charge < -0.3 is 9.53 Å². The summed E-state index contributed by atoms with van der Waals surface area (Å²) in [7, 11) is 1.74. The van der Waals surface area contributed by atoms with Crippen molar-refractivity contribution in [1.82, 2.24) is 9.78 Å². The van der Waals surface area contributed by atoms with Gasteiger partial charge in [0.25, 0.3) is 0 Å². The van der Waals surface area contributed by atoms with Crippen molar-refractivity contribution in [3.05, 3.63) is 69.5 Å². The molecular formula is C25H21N3O3S2. The number of nitrogens with zero attached hydrogens (tertiary/aromatic N) is 2. The summed E-state index contributed by atoms with van der Waals surface area (Å²) in [6.45, 7) is 1.83. The molecule has 1 aliphatic carbocycles. The lowest BCUT2D eigenvalue weighted by molar-refractivity contribution is -0.109. The third-order valence-electron chi connectivity index (χ3n) is 5.74. The zero-order chi connectivity index (χ0) is 23.0. The highest BCUT2D eigenvalue weighted by Gasteiger charge is 2.45. The Kier molecular flexibility index (Phi) is 5.52. The fourth-order valence-electron chi connectivity index (χ4n) is 3.58. The van der Waals surface area contributed by atoms with E-state index in [1.165, 1.54) is 0 Å². The van der Waals surface area contributed by atoms with Gasteiger partial charge >= 0.3 is 6.09 Å². The van der Waals surface area contributed by atoms with Crippen LogP contribution in [0.25, 0.3) is 9.40 Å². The number of fused-ring (bicyclic) bond motifs is 1. The first kappa shape index (κ1) is 21.4. The van der Waals surface area contributed by atoms with E-state index in [0.29, 0.717) is 11.4 Å². The number of nitrogens with one attached hydrogen (secondary N) is 1. The van der Waals surface area contributed by atoms with Crippen LogP contribution in [0.1, 0.15) is 46.8 Å². The first-order chi connectivity index (χ1) is 16.0. The molecule has 3 aromatic heterocycles. The largest absolute Gasteiger partial charge is 0.441 e. The van der Waals surface area contributed by atoms with E-state index in [0.717, 1.165) is 43.8 Å². The van der Waals surface area contributed by atoms with Gasteiger partial charge in [0.05, 0.1) is 22.1 Å². The van der Waals surface area contributed by atoms with Crippen LogP contribution in [0.4, 0.5) is 10.6 Å². The predicted molar refractivity (Wildman–Crippen MR) is 131 cm³/mol. The average molecular weight is 476 g/mol. The van der Waals surface area contributed by atoms with E-state index in [4.69, 9.17) is 4.74 Å². The van der Waals surface area contributed by atoms with Crippen molar-refractivity contribution < 1.29 is 14.3 Å². The molecule has 1 aliphatic rings. The summed E-state index contributed by atoms with van der Waals surface area (Å²) in [5.74, 6) is 6.77. The number of hydrogen-bond donors (Lipinski definition) is 1. The number of rotatable bonds is 5. The second-order valence-electron chi connectivity index (χ2n) is 8.09. The molecule has 0 aliphatic heterocycles. The van der Waals surface area contributed by atoms with Crippen molar-refractivity contribution in [3.63, 3.8) is 0 Å². The Morgan fingerprint density at radius 1 is 1.21 bits per heavy atom. The standard InChI is InChI=1S/C25H21N3O3S2/c1-16(17-6-4-3-5-7-17)31-24(30)27-23-18(14-26-28(23)2)8-9-19-12-20-21(32-19)13-22(33-20)25(15-29)10-11-25/h3-7,12-16H,10-11H2,1-2H3,(H,27,30)/t16-/m1/s1.